The van der Waals surface area contributed by atoms with Gasteiger partial charge in [-0.15, -0.1) is 0 Å². The van der Waals surface area contributed by atoms with Crippen LogP contribution in [0.25, 0.3) is 6.08 Å². The average Bonchev–Trinajstić information content (AvgIpc) is 2.54. The number of hydrogen-bond acceptors (Lipinski definition) is 3. The zero-order valence-corrected chi connectivity index (χ0v) is 12.3. The monoisotopic (exact) mass is 281 g/mol. The van der Waals surface area contributed by atoms with Crippen molar-refractivity contribution in [3.8, 4) is 0 Å². The zero-order chi connectivity index (χ0) is 15.1. The summed E-state index contributed by atoms with van der Waals surface area (Å²) in [5.74, 6) is -0.0212. The van der Waals surface area contributed by atoms with Crippen molar-refractivity contribution in [1.82, 2.24) is 4.98 Å². The molecule has 108 valence electrons. The summed E-state index contributed by atoms with van der Waals surface area (Å²) in [5.41, 5.74) is 3.38. The van der Waals surface area contributed by atoms with Gasteiger partial charge in [0.2, 0.25) is 0 Å². The number of carbonyl (C=O) groups excluding carboxylic acids is 1. The highest BCUT2D eigenvalue weighted by Gasteiger charge is 2.07. The van der Waals surface area contributed by atoms with Gasteiger partial charge in [0.1, 0.15) is 0 Å². The molecule has 3 nitrogen and oxygen atoms in total. The highest BCUT2D eigenvalue weighted by molar-refractivity contribution is 5.87. The Bertz CT molecular complexity index is 603. The van der Waals surface area contributed by atoms with Gasteiger partial charge in [0.25, 0.3) is 0 Å². The Morgan fingerprint density at radius 3 is 2.62 bits per heavy atom. The first-order chi connectivity index (χ1) is 10.2. The predicted molar refractivity (Wildman–Crippen MR) is 83.9 cm³/mol. The maximum atomic E-state index is 11.3. The van der Waals surface area contributed by atoms with Crippen LogP contribution in [0.15, 0.2) is 54.9 Å². The quantitative estimate of drug-likeness (QED) is 0.618. The molecule has 0 aliphatic rings. The molecule has 1 unspecified atom stereocenters. The van der Waals surface area contributed by atoms with Gasteiger partial charge in [-0.3, -0.25) is 4.98 Å². The molecule has 1 atom stereocenters. The van der Waals surface area contributed by atoms with Crippen LogP contribution in [0.1, 0.15) is 36.5 Å². The van der Waals surface area contributed by atoms with E-state index in [2.05, 4.69) is 30.1 Å². The third-order valence-corrected chi connectivity index (χ3v) is 3.32. The first-order valence-electron chi connectivity index (χ1n) is 7.05. The van der Waals surface area contributed by atoms with Crippen LogP contribution < -0.4 is 0 Å². The molecule has 0 bridgehead atoms. The molecule has 0 amide bonds. The maximum Gasteiger partial charge on any atom is 0.330 e. The van der Waals surface area contributed by atoms with Crippen molar-refractivity contribution in [3.05, 3.63) is 71.6 Å². The molecule has 1 aromatic heterocycles. The summed E-state index contributed by atoms with van der Waals surface area (Å²) in [6.45, 7) is 4.34. The minimum Gasteiger partial charge on any atom is -0.463 e. The molecule has 0 N–H and O–H groups in total. The second-order valence-electron chi connectivity index (χ2n) is 4.76. The Hall–Kier alpha value is -2.42. The molecule has 0 radical (unpaired) electrons. The van der Waals surface area contributed by atoms with Gasteiger partial charge in [0.15, 0.2) is 0 Å². The fourth-order valence-electron chi connectivity index (χ4n) is 2.07. The molecule has 2 aromatic rings. The fourth-order valence-corrected chi connectivity index (χ4v) is 2.07. The first kappa shape index (κ1) is 15.0. The van der Waals surface area contributed by atoms with Gasteiger partial charge in [-0.25, -0.2) is 4.79 Å². The van der Waals surface area contributed by atoms with Gasteiger partial charge in [-0.2, -0.15) is 0 Å². The van der Waals surface area contributed by atoms with E-state index in [9.17, 15) is 4.79 Å². The maximum absolute atomic E-state index is 11.3. The van der Waals surface area contributed by atoms with Crippen molar-refractivity contribution in [2.24, 2.45) is 0 Å². The Balaban J connectivity index is 2.07. The van der Waals surface area contributed by atoms with E-state index in [0.717, 1.165) is 5.56 Å². The first-order valence-corrected chi connectivity index (χ1v) is 7.05. The molecule has 0 fully saturated rings. The largest absolute Gasteiger partial charge is 0.463 e. The highest BCUT2D eigenvalue weighted by Crippen LogP contribution is 2.23. The molecule has 21 heavy (non-hydrogen) atoms. The van der Waals surface area contributed by atoms with Gasteiger partial charge in [0.05, 0.1) is 6.61 Å². The summed E-state index contributed by atoms with van der Waals surface area (Å²) >= 11 is 0. The third kappa shape index (κ3) is 4.28. The number of nitrogens with zero attached hydrogens (tertiary/aromatic N) is 1. The summed E-state index contributed by atoms with van der Waals surface area (Å²) in [7, 11) is 0. The summed E-state index contributed by atoms with van der Waals surface area (Å²) in [6, 6.07) is 12.2. The van der Waals surface area contributed by atoms with Crippen molar-refractivity contribution in [2.75, 3.05) is 6.61 Å². The molecule has 1 aromatic carbocycles. The smallest absolute Gasteiger partial charge is 0.330 e. The zero-order valence-electron chi connectivity index (χ0n) is 12.3. The van der Waals surface area contributed by atoms with Crippen LogP contribution in [0.2, 0.25) is 0 Å². The molecule has 0 saturated carbocycles. The summed E-state index contributed by atoms with van der Waals surface area (Å²) in [4.78, 5) is 15.4. The number of aromatic nitrogens is 1. The second-order valence-corrected chi connectivity index (χ2v) is 4.76. The fraction of sp³-hybridized carbons (Fsp3) is 0.222. The van der Waals surface area contributed by atoms with Gasteiger partial charge < -0.3 is 4.74 Å². The summed E-state index contributed by atoms with van der Waals surface area (Å²) in [6.07, 6.45) is 6.87. The molecular formula is C18H19NO2. The summed E-state index contributed by atoms with van der Waals surface area (Å²) < 4.78 is 4.85. The van der Waals surface area contributed by atoms with Crippen LogP contribution in [0.5, 0.6) is 0 Å². The topological polar surface area (TPSA) is 39.2 Å². The SMILES string of the molecule is CCOC(=O)/C=C/c1ccc(C(C)c2cccnc2)cc1. The normalized spacial score (nSPS) is 12.3. The molecule has 2 rings (SSSR count). The predicted octanol–water partition coefficient (Wildman–Crippen LogP) is 3.81. The van der Waals surface area contributed by atoms with Crippen molar-refractivity contribution >= 4 is 12.0 Å². The molecule has 0 aliphatic heterocycles. The van der Waals surface area contributed by atoms with E-state index < -0.39 is 0 Å². The standard InChI is InChI=1S/C18H19NO2/c1-3-21-18(20)11-8-15-6-9-16(10-7-15)14(2)17-5-4-12-19-13-17/h4-14H,3H2,1-2H3/b11-8+. The number of rotatable bonds is 5. The Morgan fingerprint density at radius 1 is 1.24 bits per heavy atom. The van der Waals surface area contributed by atoms with Crippen LogP contribution >= 0.6 is 0 Å². The Kier molecular flexibility index (Phi) is 5.27. The highest BCUT2D eigenvalue weighted by atomic mass is 16.5. The molecule has 0 saturated heterocycles. The van der Waals surface area contributed by atoms with E-state index in [1.807, 2.05) is 24.4 Å². The van der Waals surface area contributed by atoms with Crippen LogP contribution in [0, 0.1) is 0 Å². The third-order valence-electron chi connectivity index (χ3n) is 3.32. The molecule has 0 aliphatic carbocycles. The van der Waals surface area contributed by atoms with E-state index in [4.69, 9.17) is 4.74 Å². The van der Waals surface area contributed by atoms with E-state index >= 15 is 0 Å². The van der Waals surface area contributed by atoms with Gasteiger partial charge >= 0.3 is 5.97 Å². The minimum atomic E-state index is -0.315. The van der Waals surface area contributed by atoms with Crippen LogP contribution in [-0.2, 0) is 9.53 Å². The van der Waals surface area contributed by atoms with Crippen LogP contribution in [0.4, 0.5) is 0 Å². The average molecular weight is 281 g/mol. The second kappa shape index (κ2) is 7.39. The number of pyridine rings is 1. The molecule has 1 heterocycles. The molecule has 0 spiro atoms. The van der Waals surface area contributed by atoms with E-state index in [1.54, 1.807) is 19.2 Å². The lowest BCUT2D eigenvalue weighted by atomic mass is 9.94. The van der Waals surface area contributed by atoms with Crippen molar-refractivity contribution in [3.63, 3.8) is 0 Å². The van der Waals surface area contributed by atoms with E-state index in [0.29, 0.717) is 12.5 Å². The van der Waals surface area contributed by atoms with Gasteiger partial charge in [-0.05, 0) is 35.8 Å². The number of hydrogen-bond donors (Lipinski definition) is 0. The van der Waals surface area contributed by atoms with Crippen LogP contribution in [-0.4, -0.2) is 17.6 Å². The Labute approximate surface area is 125 Å². The van der Waals surface area contributed by atoms with Gasteiger partial charge in [0, 0.05) is 24.4 Å². The number of ether oxygens (including phenoxy) is 1. The van der Waals surface area contributed by atoms with Crippen LogP contribution in [0.3, 0.4) is 0 Å². The van der Waals surface area contributed by atoms with Crippen molar-refractivity contribution in [2.45, 2.75) is 19.8 Å². The lowest BCUT2D eigenvalue weighted by Gasteiger charge is -2.11. The lowest BCUT2D eigenvalue weighted by molar-refractivity contribution is -0.137. The molecule has 3 heteroatoms. The van der Waals surface area contributed by atoms with E-state index in [-0.39, 0.29) is 5.97 Å². The number of carbonyl (C=O) groups is 1. The molecular weight excluding hydrogens is 262 g/mol. The number of esters is 1. The lowest BCUT2D eigenvalue weighted by Crippen LogP contribution is -1.98. The summed E-state index contributed by atoms with van der Waals surface area (Å²) in [5, 5.41) is 0. The van der Waals surface area contributed by atoms with E-state index in [1.165, 1.54) is 17.2 Å². The van der Waals surface area contributed by atoms with Crippen molar-refractivity contribution in [1.29, 1.82) is 0 Å². The number of benzene rings is 1. The Morgan fingerprint density at radius 2 is 2.00 bits per heavy atom. The van der Waals surface area contributed by atoms with Crippen molar-refractivity contribution < 1.29 is 9.53 Å². The van der Waals surface area contributed by atoms with Gasteiger partial charge in [-0.1, -0.05) is 37.3 Å². The minimum absolute atomic E-state index is 0.293.